The summed E-state index contributed by atoms with van der Waals surface area (Å²) in [5, 5.41) is 0. The number of carbonyl (C=O) groups excluding carboxylic acids is 3. The molecule has 0 aromatic rings. The van der Waals surface area contributed by atoms with Crippen molar-refractivity contribution in [2.75, 3.05) is 13.2 Å². The maximum atomic E-state index is 12.8. The van der Waals surface area contributed by atoms with Gasteiger partial charge in [0.25, 0.3) is 0 Å². The van der Waals surface area contributed by atoms with Crippen LogP contribution in [0.3, 0.4) is 0 Å². The Morgan fingerprint density at radius 2 is 0.662 bits per heavy atom. The normalized spacial score (nSPS) is 12.7. The lowest BCUT2D eigenvalue weighted by molar-refractivity contribution is -0.167. The molecule has 65 heavy (non-hydrogen) atoms. The van der Waals surface area contributed by atoms with E-state index in [1.165, 1.54) is 116 Å². The van der Waals surface area contributed by atoms with E-state index in [-0.39, 0.29) is 37.5 Å². The molecule has 0 fully saturated rings. The largest absolute Gasteiger partial charge is 0.462 e. The minimum Gasteiger partial charge on any atom is -0.462 e. The number of unbranched alkanes of at least 4 members (excludes halogenated alkanes) is 24. The van der Waals surface area contributed by atoms with Crippen LogP contribution in [0, 0.1) is 0 Å². The summed E-state index contributed by atoms with van der Waals surface area (Å²) in [6.07, 6.45) is 68.5. The third-order valence-electron chi connectivity index (χ3n) is 11.4. The Hall–Kier alpha value is -3.41. The number of allylic oxidation sites excluding steroid dienone is 14. The highest BCUT2D eigenvalue weighted by Gasteiger charge is 2.19. The van der Waals surface area contributed by atoms with Gasteiger partial charge in [-0.1, -0.05) is 234 Å². The van der Waals surface area contributed by atoms with E-state index in [9.17, 15) is 14.4 Å². The number of ether oxygens (including phenoxy) is 3. The third-order valence-corrected chi connectivity index (χ3v) is 11.4. The van der Waals surface area contributed by atoms with Crippen LogP contribution < -0.4 is 0 Å². The molecule has 372 valence electrons. The summed E-state index contributed by atoms with van der Waals surface area (Å²) < 4.78 is 16.8. The fourth-order valence-corrected chi connectivity index (χ4v) is 7.35. The fraction of sp³-hybridized carbons (Fsp3) is 0.712. The Labute approximate surface area is 401 Å². The zero-order chi connectivity index (χ0) is 47.2. The molecule has 0 aliphatic heterocycles. The lowest BCUT2D eigenvalue weighted by Gasteiger charge is -2.18. The van der Waals surface area contributed by atoms with Crippen LogP contribution in [0.15, 0.2) is 85.1 Å². The first kappa shape index (κ1) is 61.6. The molecule has 0 radical (unpaired) electrons. The van der Waals surface area contributed by atoms with Crippen molar-refractivity contribution in [3.05, 3.63) is 85.1 Å². The van der Waals surface area contributed by atoms with E-state index in [0.717, 1.165) is 89.9 Å². The zero-order valence-corrected chi connectivity index (χ0v) is 42.5. The average molecular weight is 905 g/mol. The molecular formula is C59H100O6. The summed E-state index contributed by atoms with van der Waals surface area (Å²) in [6.45, 7) is 6.45. The Kier molecular flexibility index (Phi) is 50.4. The van der Waals surface area contributed by atoms with Crippen LogP contribution in [0.2, 0.25) is 0 Å². The molecule has 6 nitrogen and oxygen atoms in total. The second kappa shape index (κ2) is 53.2. The molecule has 1 atom stereocenters. The van der Waals surface area contributed by atoms with Gasteiger partial charge in [-0.3, -0.25) is 14.4 Å². The maximum Gasteiger partial charge on any atom is 0.306 e. The van der Waals surface area contributed by atoms with E-state index < -0.39 is 6.10 Å². The lowest BCUT2D eigenvalue weighted by Crippen LogP contribution is -2.30. The van der Waals surface area contributed by atoms with Crippen molar-refractivity contribution in [2.45, 2.75) is 258 Å². The van der Waals surface area contributed by atoms with Crippen molar-refractivity contribution in [3.8, 4) is 0 Å². The van der Waals surface area contributed by atoms with Gasteiger partial charge in [0, 0.05) is 19.3 Å². The van der Waals surface area contributed by atoms with E-state index in [4.69, 9.17) is 14.2 Å². The standard InChI is InChI=1S/C59H100O6/c1-4-7-10-13-16-19-22-25-28-29-32-34-37-40-43-46-49-52-58(61)64-55-56(65-59(62)53-50-47-44-41-38-35-31-27-24-21-18-15-12-9-6-3)54-63-57(60)51-48-45-42-39-36-33-30-26-23-20-17-14-11-8-5-2/h7,10,16,18-19,21,24-25,27-28,32,34,40,43,56H,4-6,8-9,11-15,17,20,22-23,26,29-31,33,35-39,41-42,44-55H2,1-3H3/b10-7-,19-16-,21-18-,27-24-,28-25-,34-32-,43-40-. The summed E-state index contributed by atoms with van der Waals surface area (Å²) in [4.78, 5) is 38.0. The van der Waals surface area contributed by atoms with Crippen molar-refractivity contribution in [2.24, 2.45) is 0 Å². The highest BCUT2D eigenvalue weighted by molar-refractivity contribution is 5.71. The zero-order valence-electron chi connectivity index (χ0n) is 42.5. The van der Waals surface area contributed by atoms with Gasteiger partial charge in [-0.25, -0.2) is 0 Å². The van der Waals surface area contributed by atoms with Crippen LogP contribution in [0.1, 0.15) is 252 Å². The van der Waals surface area contributed by atoms with Gasteiger partial charge in [-0.05, 0) is 83.5 Å². The van der Waals surface area contributed by atoms with Gasteiger partial charge in [0.2, 0.25) is 0 Å². The van der Waals surface area contributed by atoms with Crippen LogP contribution in [-0.2, 0) is 28.6 Å². The molecule has 0 rings (SSSR count). The summed E-state index contributed by atoms with van der Waals surface area (Å²) in [7, 11) is 0. The average Bonchev–Trinajstić information content (AvgIpc) is 3.30. The second-order valence-electron chi connectivity index (χ2n) is 17.8. The van der Waals surface area contributed by atoms with Crippen LogP contribution in [0.25, 0.3) is 0 Å². The predicted octanol–water partition coefficient (Wildman–Crippen LogP) is 18.0. The third kappa shape index (κ3) is 51.4. The molecule has 0 spiro atoms. The van der Waals surface area contributed by atoms with Gasteiger partial charge in [0.05, 0.1) is 0 Å². The van der Waals surface area contributed by atoms with Crippen LogP contribution in [0.4, 0.5) is 0 Å². The summed E-state index contributed by atoms with van der Waals surface area (Å²) in [5.74, 6) is -0.967. The number of rotatable bonds is 48. The van der Waals surface area contributed by atoms with Crippen molar-refractivity contribution in [1.29, 1.82) is 0 Å². The number of esters is 3. The first-order chi connectivity index (χ1) is 32.0. The number of carbonyl (C=O) groups is 3. The molecule has 0 amide bonds. The molecule has 6 heteroatoms. The molecule has 0 bridgehead atoms. The van der Waals surface area contributed by atoms with Gasteiger partial charge in [-0.15, -0.1) is 0 Å². The Morgan fingerprint density at radius 1 is 0.338 bits per heavy atom. The summed E-state index contributed by atoms with van der Waals surface area (Å²) in [6, 6.07) is 0. The molecule has 0 aromatic carbocycles. The first-order valence-electron chi connectivity index (χ1n) is 27.1. The SMILES string of the molecule is CC/C=C\C/C=C\C/C=C\C/C=C\C/C=C\CCCC(=O)OCC(COC(=O)CCCCCCCCCCCCCCCCC)OC(=O)CCCCCCCC/C=C\C=C/CCCCC. The van der Waals surface area contributed by atoms with Gasteiger partial charge >= 0.3 is 17.9 Å². The molecule has 0 N–H and O–H groups in total. The highest BCUT2D eigenvalue weighted by atomic mass is 16.6. The Bertz CT molecular complexity index is 1270. The molecule has 0 aromatic heterocycles. The molecule has 0 aliphatic carbocycles. The summed E-state index contributed by atoms with van der Waals surface area (Å²) >= 11 is 0. The van der Waals surface area contributed by atoms with Gasteiger partial charge in [0.1, 0.15) is 13.2 Å². The highest BCUT2D eigenvalue weighted by Crippen LogP contribution is 2.15. The molecule has 0 saturated carbocycles. The second-order valence-corrected chi connectivity index (χ2v) is 17.8. The topological polar surface area (TPSA) is 78.9 Å². The van der Waals surface area contributed by atoms with Crippen molar-refractivity contribution >= 4 is 17.9 Å². The van der Waals surface area contributed by atoms with Crippen molar-refractivity contribution in [3.63, 3.8) is 0 Å². The van der Waals surface area contributed by atoms with Crippen molar-refractivity contribution < 1.29 is 28.6 Å². The minimum absolute atomic E-state index is 0.0975. The molecule has 0 heterocycles. The maximum absolute atomic E-state index is 12.8. The Balaban J connectivity index is 4.49. The van der Waals surface area contributed by atoms with E-state index >= 15 is 0 Å². The smallest absolute Gasteiger partial charge is 0.306 e. The minimum atomic E-state index is -0.804. The van der Waals surface area contributed by atoms with E-state index in [1.807, 2.05) is 0 Å². The monoisotopic (exact) mass is 905 g/mol. The molecule has 1 unspecified atom stereocenters. The number of hydrogen-bond donors (Lipinski definition) is 0. The van der Waals surface area contributed by atoms with Crippen LogP contribution in [0.5, 0.6) is 0 Å². The summed E-state index contributed by atoms with van der Waals surface area (Å²) in [5.41, 5.74) is 0. The van der Waals surface area contributed by atoms with Crippen LogP contribution in [-0.4, -0.2) is 37.2 Å². The molecule has 0 saturated heterocycles. The van der Waals surface area contributed by atoms with Crippen molar-refractivity contribution in [1.82, 2.24) is 0 Å². The Morgan fingerprint density at radius 3 is 1.11 bits per heavy atom. The van der Waals surface area contributed by atoms with E-state index in [1.54, 1.807) is 0 Å². The predicted molar refractivity (Wildman–Crippen MR) is 279 cm³/mol. The van der Waals surface area contributed by atoms with E-state index in [0.29, 0.717) is 19.3 Å². The quantitative estimate of drug-likeness (QED) is 0.0199. The van der Waals surface area contributed by atoms with E-state index in [2.05, 4.69) is 106 Å². The van der Waals surface area contributed by atoms with Crippen LogP contribution >= 0.6 is 0 Å². The lowest BCUT2D eigenvalue weighted by atomic mass is 10.0. The molecule has 0 aliphatic rings. The molecular weight excluding hydrogens is 805 g/mol. The number of hydrogen-bond acceptors (Lipinski definition) is 6. The first-order valence-corrected chi connectivity index (χ1v) is 27.1. The van der Waals surface area contributed by atoms with Gasteiger partial charge in [0.15, 0.2) is 6.10 Å². The fourth-order valence-electron chi connectivity index (χ4n) is 7.35. The van der Waals surface area contributed by atoms with Gasteiger partial charge < -0.3 is 14.2 Å². The van der Waals surface area contributed by atoms with Gasteiger partial charge in [-0.2, -0.15) is 0 Å².